The van der Waals surface area contributed by atoms with E-state index in [1.54, 1.807) is 6.07 Å². The van der Waals surface area contributed by atoms with Gasteiger partial charge in [0.15, 0.2) is 11.6 Å². The Balaban J connectivity index is 2.44. The maximum absolute atomic E-state index is 13.3. The van der Waals surface area contributed by atoms with Crippen molar-refractivity contribution >= 4 is 0 Å². The van der Waals surface area contributed by atoms with Gasteiger partial charge in [0.05, 0.1) is 0 Å². The summed E-state index contributed by atoms with van der Waals surface area (Å²) in [6.07, 6.45) is 0. The van der Waals surface area contributed by atoms with E-state index in [4.69, 9.17) is 10.00 Å². The Morgan fingerprint density at radius 3 is 2.44 bits per heavy atom. The monoisotopic (exact) mass is 249 g/mol. The summed E-state index contributed by atoms with van der Waals surface area (Å²) in [6.45, 7) is 0. The standard InChI is InChI=1S/C13H6F3NO/c14-8-4-5-11(16)13(6-8)18-12-3-1-2-10(15)9(12)7-17/h1-6H. The average molecular weight is 249 g/mol. The first-order chi connectivity index (χ1) is 8.61. The molecule has 2 rings (SSSR count). The molecule has 0 aliphatic heterocycles. The van der Waals surface area contributed by atoms with Gasteiger partial charge in [0.2, 0.25) is 0 Å². The lowest BCUT2D eigenvalue weighted by Gasteiger charge is -2.08. The first-order valence-electron chi connectivity index (χ1n) is 4.93. The van der Waals surface area contributed by atoms with Gasteiger partial charge in [-0.05, 0) is 24.3 Å². The van der Waals surface area contributed by atoms with Crippen LogP contribution >= 0.6 is 0 Å². The second-order valence-corrected chi connectivity index (χ2v) is 3.40. The number of ether oxygens (including phenoxy) is 1. The normalized spacial score (nSPS) is 9.89. The Kier molecular flexibility index (Phi) is 3.20. The number of rotatable bonds is 2. The zero-order valence-electron chi connectivity index (χ0n) is 8.95. The van der Waals surface area contributed by atoms with Crippen molar-refractivity contribution in [2.45, 2.75) is 0 Å². The molecule has 0 aliphatic carbocycles. The fourth-order valence-corrected chi connectivity index (χ4v) is 1.37. The van der Waals surface area contributed by atoms with E-state index in [1.165, 1.54) is 12.1 Å². The molecule has 0 N–H and O–H groups in total. The molecule has 0 fully saturated rings. The van der Waals surface area contributed by atoms with Crippen molar-refractivity contribution < 1.29 is 17.9 Å². The van der Waals surface area contributed by atoms with Crippen LogP contribution in [0.25, 0.3) is 0 Å². The first kappa shape index (κ1) is 12.0. The summed E-state index contributed by atoms with van der Waals surface area (Å²) in [5.74, 6) is -2.85. The number of benzene rings is 2. The Bertz CT molecular complexity index is 635. The molecule has 18 heavy (non-hydrogen) atoms. The quantitative estimate of drug-likeness (QED) is 0.811. The fourth-order valence-electron chi connectivity index (χ4n) is 1.37. The Hall–Kier alpha value is -2.48. The maximum atomic E-state index is 13.3. The van der Waals surface area contributed by atoms with Crippen LogP contribution in [0.5, 0.6) is 11.5 Å². The number of hydrogen-bond donors (Lipinski definition) is 0. The van der Waals surface area contributed by atoms with Gasteiger partial charge in [-0.3, -0.25) is 0 Å². The molecule has 0 bridgehead atoms. The molecular formula is C13H6F3NO. The number of halogens is 3. The average Bonchev–Trinajstić information content (AvgIpc) is 2.34. The molecule has 0 radical (unpaired) electrons. The van der Waals surface area contributed by atoms with E-state index in [2.05, 4.69) is 0 Å². The van der Waals surface area contributed by atoms with Crippen molar-refractivity contribution in [3.8, 4) is 17.6 Å². The summed E-state index contributed by atoms with van der Waals surface area (Å²) < 4.78 is 44.5. The van der Waals surface area contributed by atoms with Crippen molar-refractivity contribution in [2.75, 3.05) is 0 Å². The van der Waals surface area contributed by atoms with Gasteiger partial charge in [-0.2, -0.15) is 5.26 Å². The molecule has 0 aromatic heterocycles. The predicted octanol–water partition coefficient (Wildman–Crippen LogP) is 3.77. The van der Waals surface area contributed by atoms with Gasteiger partial charge in [-0.1, -0.05) is 6.07 Å². The third-order valence-electron chi connectivity index (χ3n) is 2.20. The van der Waals surface area contributed by atoms with E-state index in [0.29, 0.717) is 0 Å². The summed E-state index contributed by atoms with van der Waals surface area (Å²) in [6, 6.07) is 7.92. The lowest BCUT2D eigenvalue weighted by molar-refractivity contribution is 0.432. The molecule has 2 aromatic rings. The second-order valence-electron chi connectivity index (χ2n) is 3.40. The van der Waals surface area contributed by atoms with Crippen molar-refractivity contribution in [2.24, 2.45) is 0 Å². The van der Waals surface area contributed by atoms with Crippen LogP contribution in [0.4, 0.5) is 13.2 Å². The Labute approximate surface area is 101 Å². The maximum Gasteiger partial charge on any atom is 0.166 e. The smallest absolute Gasteiger partial charge is 0.166 e. The molecule has 0 atom stereocenters. The highest BCUT2D eigenvalue weighted by Crippen LogP contribution is 2.28. The summed E-state index contributed by atoms with van der Waals surface area (Å²) in [4.78, 5) is 0. The first-order valence-corrected chi connectivity index (χ1v) is 4.93. The van der Waals surface area contributed by atoms with E-state index >= 15 is 0 Å². The molecular weight excluding hydrogens is 243 g/mol. The zero-order valence-corrected chi connectivity index (χ0v) is 8.95. The summed E-state index contributed by atoms with van der Waals surface area (Å²) >= 11 is 0. The van der Waals surface area contributed by atoms with Crippen LogP contribution in [-0.2, 0) is 0 Å². The van der Waals surface area contributed by atoms with Gasteiger partial charge in [0, 0.05) is 6.07 Å². The Morgan fingerprint density at radius 1 is 0.944 bits per heavy atom. The molecule has 2 aromatic carbocycles. The SMILES string of the molecule is N#Cc1c(F)cccc1Oc1cc(F)ccc1F. The molecule has 0 saturated heterocycles. The molecule has 90 valence electrons. The highest BCUT2D eigenvalue weighted by Gasteiger charge is 2.12. The second kappa shape index (κ2) is 4.80. The number of nitriles is 1. The fraction of sp³-hybridized carbons (Fsp3) is 0. The third-order valence-corrected chi connectivity index (χ3v) is 2.20. The van der Waals surface area contributed by atoms with Crippen LogP contribution in [-0.4, -0.2) is 0 Å². The largest absolute Gasteiger partial charge is 0.453 e. The van der Waals surface area contributed by atoms with Crippen LogP contribution in [0.3, 0.4) is 0 Å². The number of hydrogen-bond acceptors (Lipinski definition) is 2. The minimum Gasteiger partial charge on any atom is -0.453 e. The van der Waals surface area contributed by atoms with E-state index in [0.717, 1.165) is 24.3 Å². The van der Waals surface area contributed by atoms with E-state index in [9.17, 15) is 13.2 Å². The molecule has 5 heteroatoms. The molecule has 0 heterocycles. The minimum atomic E-state index is -0.801. The van der Waals surface area contributed by atoms with E-state index in [1.807, 2.05) is 0 Å². The van der Waals surface area contributed by atoms with Crippen molar-refractivity contribution in [3.63, 3.8) is 0 Å². The van der Waals surface area contributed by atoms with Gasteiger partial charge < -0.3 is 4.74 Å². The highest BCUT2D eigenvalue weighted by atomic mass is 19.1. The minimum absolute atomic E-state index is 0.165. The highest BCUT2D eigenvalue weighted by molar-refractivity contribution is 5.46. The molecule has 2 nitrogen and oxygen atoms in total. The van der Waals surface area contributed by atoms with Gasteiger partial charge in [0.1, 0.15) is 29.0 Å². The lowest BCUT2D eigenvalue weighted by atomic mass is 10.2. The predicted molar refractivity (Wildman–Crippen MR) is 57.5 cm³/mol. The van der Waals surface area contributed by atoms with Gasteiger partial charge >= 0.3 is 0 Å². The van der Waals surface area contributed by atoms with Crippen LogP contribution < -0.4 is 4.74 Å². The summed E-state index contributed by atoms with van der Waals surface area (Å²) in [5, 5.41) is 8.76. The topological polar surface area (TPSA) is 33.0 Å². The molecule has 0 spiro atoms. The zero-order chi connectivity index (χ0) is 13.1. The van der Waals surface area contributed by atoms with Crippen LogP contribution in [0.1, 0.15) is 5.56 Å². The van der Waals surface area contributed by atoms with E-state index in [-0.39, 0.29) is 11.3 Å². The molecule has 0 aliphatic rings. The van der Waals surface area contributed by atoms with Crippen molar-refractivity contribution in [1.82, 2.24) is 0 Å². The van der Waals surface area contributed by atoms with Crippen LogP contribution in [0.2, 0.25) is 0 Å². The lowest BCUT2D eigenvalue weighted by Crippen LogP contribution is -1.94. The third kappa shape index (κ3) is 2.28. The van der Waals surface area contributed by atoms with Crippen LogP contribution in [0.15, 0.2) is 36.4 Å². The van der Waals surface area contributed by atoms with E-state index < -0.39 is 23.2 Å². The number of nitrogens with zero attached hydrogens (tertiary/aromatic N) is 1. The summed E-state index contributed by atoms with van der Waals surface area (Å²) in [5.41, 5.74) is -0.360. The molecule has 0 saturated carbocycles. The molecule has 0 unspecified atom stereocenters. The summed E-state index contributed by atoms with van der Waals surface area (Å²) in [7, 11) is 0. The van der Waals surface area contributed by atoms with Gasteiger partial charge in [-0.15, -0.1) is 0 Å². The Morgan fingerprint density at radius 2 is 1.72 bits per heavy atom. The van der Waals surface area contributed by atoms with Crippen molar-refractivity contribution in [3.05, 3.63) is 59.4 Å². The van der Waals surface area contributed by atoms with Crippen molar-refractivity contribution in [1.29, 1.82) is 5.26 Å². The van der Waals surface area contributed by atoms with Gasteiger partial charge in [0.25, 0.3) is 0 Å². The van der Waals surface area contributed by atoms with Crippen LogP contribution in [0, 0.1) is 28.8 Å². The molecule has 0 amide bonds. The van der Waals surface area contributed by atoms with Gasteiger partial charge in [-0.25, -0.2) is 13.2 Å².